The van der Waals surface area contributed by atoms with E-state index in [-0.39, 0.29) is 42.7 Å². The van der Waals surface area contributed by atoms with Gasteiger partial charge in [0, 0.05) is 36.6 Å². The maximum atomic E-state index is 13.9. The van der Waals surface area contributed by atoms with Crippen molar-refractivity contribution < 1.29 is 53.8 Å². The van der Waals surface area contributed by atoms with E-state index in [4.69, 9.17) is 36.3 Å². The van der Waals surface area contributed by atoms with Crippen LogP contribution in [0, 0.1) is 6.92 Å². The summed E-state index contributed by atoms with van der Waals surface area (Å²) in [4.78, 5) is 52.3. The third-order valence-corrected chi connectivity index (χ3v) is 12.1. The first-order chi connectivity index (χ1) is 29.9. The maximum Gasteiger partial charge on any atom is 0.329 e. The molecule has 0 spiro atoms. The van der Waals surface area contributed by atoms with Gasteiger partial charge in [-0.1, -0.05) is 61.0 Å². The molecular formula is C44H50ClN5O11S. The molecule has 1 aromatic heterocycles. The predicted octanol–water partition coefficient (Wildman–Crippen LogP) is 3.29. The van der Waals surface area contributed by atoms with Crippen molar-refractivity contribution in [3.63, 3.8) is 0 Å². The summed E-state index contributed by atoms with van der Waals surface area (Å²) >= 11 is 7.87. The molecule has 0 aliphatic carbocycles. The summed E-state index contributed by atoms with van der Waals surface area (Å²) in [7, 11) is 0. The number of likely N-dealkylation sites (tertiary alicyclic amines) is 1. The molecule has 7 rings (SSSR count). The Labute approximate surface area is 367 Å². The number of aliphatic hydroxyl groups is 4. The molecule has 3 fully saturated rings. The number of rotatable bonds is 16. The number of fused-ring (bicyclic) bond motifs is 1. The van der Waals surface area contributed by atoms with Crippen molar-refractivity contribution in [2.75, 3.05) is 37.8 Å². The minimum absolute atomic E-state index is 0.0670. The van der Waals surface area contributed by atoms with E-state index in [2.05, 4.69) is 9.98 Å². The number of nitrogens with one attached hydrogen (secondary N) is 1. The number of nitrogens with zero attached hydrogens (tertiary/aromatic N) is 3. The molecule has 0 bridgehead atoms. The lowest BCUT2D eigenvalue weighted by atomic mass is 10.0. The molecule has 3 aliphatic heterocycles. The molecule has 0 radical (unpaired) electrons. The number of anilines is 1. The Morgan fingerprint density at radius 3 is 2.63 bits per heavy atom. The summed E-state index contributed by atoms with van der Waals surface area (Å²) in [5, 5.41) is 42.7. The number of halogens is 1. The molecule has 4 aromatic rings. The number of aryl methyl sites for hydroxylation is 1. The summed E-state index contributed by atoms with van der Waals surface area (Å²) in [5.41, 5.74) is 10.5. The number of amidine groups is 1. The monoisotopic (exact) mass is 891 g/mol. The number of hydrogen-bond donors (Lipinski definition) is 6. The molecule has 4 heterocycles. The summed E-state index contributed by atoms with van der Waals surface area (Å²) in [6, 6.07) is 17.9. The standard InChI is InChI=1S/C44H50ClN5O11S/c1-3-14-47-44-50(33-11-7-4-8-24(33)2)41(56)37(62-44)16-25-12-13-35(30(45)15-25)58-22-27(52)23-59-42(57)34-18-28(60-43-39(54)38(53)36(21-51)61-43)20-49(34)40(55)31(46)17-26-19-48-32-10-6-5-9-29(26)32/h4-13,15-16,19,27-28,31,34,36,38-39,43,48,51-54H,3,14,17-18,20-23,46H2,1-2H3/b37-16-,47-44-/t27-,28+,31+,34?,36+,38-,39+,43-/m0/s1. The third kappa shape index (κ3) is 10.0. The second-order valence-corrected chi connectivity index (χ2v) is 16.8. The summed E-state index contributed by atoms with van der Waals surface area (Å²) < 4.78 is 22.7. The van der Waals surface area contributed by atoms with Gasteiger partial charge in [-0.2, -0.15) is 0 Å². The van der Waals surface area contributed by atoms with Gasteiger partial charge in [0.25, 0.3) is 5.91 Å². The number of aromatic amines is 1. The normalized spacial score (nSPS) is 25.0. The smallest absolute Gasteiger partial charge is 0.329 e. The lowest BCUT2D eigenvalue weighted by Gasteiger charge is -2.26. The van der Waals surface area contributed by atoms with Crippen LogP contribution in [-0.2, 0) is 35.0 Å². The van der Waals surface area contributed by atoms with E-state index in [9.17, 15) is 34.8 Å². The number of carbonyl (C=O) groups excluding carboxylic acids is 3. The molecule has 3 saturated heterocycles. The van der Waals surface area contributed by atoms with Gasteiger partial charge in [0.2, 0.25) is 5.91 Å². The number of ether oxygens (including phenoxy) is 4. The molecule has 8 atom stereocenters. The van der Waals surface area contributed by atoms with E-state index in [1.165, 1.54) is 16.7 Å². The number of thioether (sulfide) groups is 1. The zero-order valence-electron chi connectivity index (χ0n) is 34.1. The predicted molar refractivity (Wildman–Crippen MR) is 233 cm³/mol. The van der Waals surface area contributed by atoms with Gasteiger partial charge >= 0.3 is 5.97 Å². The molecule has 2 amide bonds. The van der Waals surface area contributed by atoms with Gasteiger partial charge < -0.3 is 55.0 Å². The number of amides is 2. The number of aliphatic imine (C=N–C) groups is 1. The van der Waals surface area contributed by atoms with Crippen LogP contribution in [0.25, 0.3) is 17.0 Å². The lowest BCUT2D eigenvalue weighted by molar-refractivity contribution is -0.191. The van der Waals surface area contributed by atoms with E-state index < -0.39 is 74.0 Å². The number of benzene rings is 3. The zero-order valence-corrected chi connectivity index (χ0v) is 35.7. The largest absolute Gasteiger partial charge is 0.489 e. The van der Waals surface area contributed by atoms with E-state index in [0.29, 0.717) is 22.2 Å². The number of esters is 1. The van der Waals surface area contributed by atoms with Crippen LogP contribution in [0.4, 0.5) is 5.69 Å². The van der Waals surface area contributed by atoms with Gasteiger partial charge in [-0.25, -0.2) is 4.79 Å². The molecule has 1 unspecified atom stereocenters. The van der Waals surface area contributed by atoms with Crippen molar-refractivity contribution >= 4 is 69.0 Å². The Kier molecular flexibility index (Phi) is 14.7. The SMILES string of the molecule is CCC/N=C1\S/C(=C\c2ccc(OC[C@H](O)COC(=O)C3C[C@@H](O[C@H]4O[C@H](CO)[C@H](O)[C@H]4O)CN3C(=O)[C@H](N)Cc3c[nH]c4ccccc34)c(Cl)c2)C(=O)N1c1ccccc1C. The van der Waals surface area contributed by atoms with E-state index in [1.54, 1.807) is 35.4 Å². The van der Waals surface area contributed by atoms with Crippen LogP contribution in [0.2, 0.25) is 5.02 Å². The minimum Gasteiger partial charge on any atom is -0.489 e. The van der Waals surface area contributed by atoms with E-state index in [1.807, 2.05) is 62.4 Å². The number of aromatic nitrogens is 1. The van der Waals surface area contributed by atoms with Crippen LogP contribution in [0.5, 0.6) is 5.75 Å². The number of para-hydroxylation sites is 2. The van der Waals surface area contributed by atoms with Crippen LogP contribution < -0.4 is 15.4 Å². The molecule has 7 N–H and O–H groups in total. The van der Waals surface area contributed by atoms with Gasteiger partial charge in [-0.3, -0.25) is 19.5 Å². The summed E-state index contributed by atoms with van der Waals surface area (Å²) in [6.45, 7) is 3.08. The van der Waals surface area contributed by atoms with Crippen molar-refractivity contribution in [1.29, 1.82) is 0 Å². The van der Waals surface area contributed by atoms with E-state index in [0.717, 1.165) is 34.1 Å². The van der Waals surface area contributed by atoms with Crippen LogP contribution in [0.1, 0.15) is 36.5 Å². The quantitative estimate of drug-likeness (QED) is 0.0702. The number of H-pyrrole nitrogens is 1. The molecule has 3 aromatic carbocycles. The molecule has 18 heteroatoms. The average Bonchev–Trinajstić information content (AvgIpc) is 4.03. The molecular weight excluding hydrogens is 842 g/mol. The molecule has 330 valence electrons. The summed E-state index contributed by atoms with van der Waals surface area (Å²) in [5.74, 6) is -1.33. The van der Waals surface area contributed by atoms with Crippen molar-refractivity contribution in [2.45, 2.75) is 82.0 Å². The van der Waals surface area contributed by atoms with Gasteiger partial charge in [0.05, 0.1) is 34.4 Å². The Morgan fingerprint density at radius 1 is 1.11 bits per heavy atom. The highest BCUT2D eigenvalue weighted by Crippen LogP contribution is 2.38. The third-order valence-electron chi connectivity index (χ3n) is 10.8. The zero-order chi connectivity index (χ0) is 44.1. The maximum absolute atomic E-state index is 13.9. The average molecular weight is 892 g/mol. The van der Waals surface area contributed by atoms with E-state index >= 15 is 0 Å². The van der Waals surface area contributed by atoms with Crippen LogP contribution in [-0.4, -0.2) is 135 Å². The van der Waals surface area contributed by atoms with Gasteiger partial charge in [-0.15, -0.1) is 0 Å². The van der Waals surface area contributed by atoms with Crippen LogP contribution >= 0.6 is 23.4 Å². The highest BCUT2D eigenvalue weighted by Gasteiger charge is 2.48. The summed E-state index contributed by atoms with van der Waals surface area (Å²) in [6.07, 6.45) is -2.99. The number of aliphatic hydroxyl groups excluding tert-OH is 4. The fraction of sp³-hybridized carbons (Fsp3) is 0.409. The molecule has 3 aliphatic rings. The molecule has 16 nitrogen and oxygen atoms in total. The van der Waals surface area contributed by atoms with Gasteiger partial charge in [0.1, 0.15) is 49.4 Å². The first-order valence-corrected chi connectivity index (χ1v) is 21.6. The first-order valence-electron chi connectivity index (χ1n) is 20.4. The fourth-order valence-corrected chi connectivity index (χ4v) is 8.81. The van der Waals surface area contributed by atoms with Crippen molar-refractivity contribution in [1.82, 2.24) is 9.88 Å². The Balaban J connectivity index is 0.971. The minimum atomic E-state index is -1.48. The van der Waals surface area contributed by atoms with Crippen LogP contribution in [0.3, 0.4) is 0 Å². The van der Waals surface area contributed by atoms with Crippen molar-refractivity contribution in [2.24, 2.45) is 10.7 Å². The first kappa shape index (κ1) is 45.2. The van der Waals surface area contributed by atoms with Gasteiger partial charge in [0.15, 0.2) is 11.5 Å². The second kappa shape index (κ2) is 20.1. The molecule has 62 heavy (non-hydrogen) atoms. The van der Waals surface area contributed by atoms with Crippen molar-refractivity contribution in [3.05, 3.63) is 99.5 Å². The lowest BCUT2D eigenvalue weighted by Crippen LogP contribution is -2.50. The highest BCUT2D eigenvalue weighted by atomic mass is 35.5. The Morgan fingerprint density at radius 2 is 1.89 bits per heavy atom. The fourth-order valence-electron chi connectivity index (χ4n) is 7.57. The van der Waals surface area contributed by atoms with Crippen molar-refractivity contribution in [3.8, 4) is 5.75 Å². The molecule has 0 saturated carbocycles. The highest BCUT2D eigenvalue weighted by molar-refractivity contribution is 8.19. The van der Waals surface area contributed by atoms with Gasteiger partial charge in [-0.05, 0) is 78.6 Å². The number of nitrogens with two attached hydrogens (primary N) is 1. The number of hydrogen-bond acceptors (Lipinski definition) is 14. The number of carbonyl (C=O) groups is 3. The second-order valence-electron chi connectivity index (χ2n) is 15.4. The topological polar surface area (TPSA) is 230 Å². The Hall–Kier alpha value is -4.82. The Bertz CT molecular complexity index is 2320. The van der Waals surface area contributed by atoms with Crippen LogP contribution in [0.15, 0.2) is 82.8 Å².